The third-order valence-corrected chi connectivity index (χ3v) is 8.58. The number of Topliss-reactive ketones (excluding diaryl/α,β-unsaturated/α-hetero) is 2. The highest BCUT2D eigenvalue weighted by atomic mass is 19.1. The molecule has 0 aliphatic carbocycles. The van der Waals surface area contributed by atoms with E-state index in [4.69, 9.17) is 0 Å². The predicted molar refractivity (Wildman–Crippen MR) is 140 cm³/mol. The number of halogens is 1. The van der Waals surface area contributed by atoms with Crippen LogP contribution in [-0.2, 0) is 6.54 Å². The highest BCUT2D eigenvalue weighted by molar-refractivity contribution is 6.09. The van der Waals surface area contributed by atoms with Crippen molar-refractivity contribution in [3.05, 3.63) is 70.7 Å². The standard InChI is InChI=1S/C30H34FN3O3/c1-19-15-22-17-26(34-14-10-27(35)25(16-19)28(22)34)30(37)33-11-2-3-24(33)9-13-32-12-8-21(18-32)29(36)20-4-6-23(31)7-5-20/h4-7,15-17,21,24,30,37H,2-3,8-14,18H2,1H3. The Balaban J connectivity index is 1.12. The van der Waals surface area contributed by atoms with E-state index in [1.807, 2.05) is 13.0 Å². The van der Waals surface area contributed by atoms with Gasteiger partial charge >= 0.3 is 0 Å². The Bertz CT molecular complexity index is 1350. The number of benzene rings is 2. The molecule has 6 nitrogen and oxygen atoms in total. The van der Waals surface area contributed by atoms with E-state index in [1.54, 1.807) is 12.1 Å². The van der Waals surface area contributed by atoms with Crippen molar-refractivity contribution in [3.63, 3.8) is 0 Å². The smallest absolute Gasteiger partial charge is 0.167 e. The van der Waals surface area contributed by atoms with Gasteiger partial charge in [-0.15, -0.1) is 0 Å². The zero-order chi connectivity index (χ0) is 25.7. The van der Waals surface area contributed by atoms with Crippen LogP contribution in [0.1, 0.15) is 70.3 Å². The van der Waals surface area contributed by atoms with E-state index >= 15 is 0 Å². The summed E-state index contributed by atoms with van der Waals surface area (Å²) in [7, 11) is 0. The van der Waals surface area contributed by atoms with Crippen molar-refractivity contribution in [3.8, 4) is 0 Å². The molecule has 3 aromatic rings. The van der Waals surface area contributed by atoms with E-state index in [-0.39, 0.29) is 29.3 Å². The van der Waals surface area contributed by atoms with Gasteiger partial charge in [-0.25, -0.2) is 4.39 Å². The van der Waals surface area contributed by atoms with Crippen molar-refractivity contribution in [1.82, 2.24) is 14.4 Å². The second-order valence-electron chi connectivity index (χ2n) is 11.0. The van der Waals surface area contributed by atoms with Gasteiger partial charge in [0.1, 0.15) is 12.0 Å². The summed E-state index contributed by atoms with van der Waals surface area (Å²) < 4.78 is 15.4. The van der Waals surface area contributed by atoms with Crippen LogP contribution < -0.4 is 0 Å². The Morgan fingerprint density at radius 3 is 2.73 bits per heavy atom. The van der Waals surface area contributed by atoms with Crippen LogP contribution >= 0.6 is 0 Å². The van der Waals surface area contributed by atoms with Crippen molar-refractivity contribution in [2.75, 3.05) is 26.2 Å². The highest BCUT2D eigenvalue weighted by Gasteiger charge is 2.35. The predicted octanol–water partition coefficient (Wildman–Crippen LogP) is 4.73. The number of hydrogen-bond acceptors (Lipinski definition) is 5. The Kier molecular flexibility index (Phi) is 6.47. The average Bonchev–Trinajstić information content (AvgIpc) is 3.63. The number of carbonyl (C=O) groups excluding carboxylic acids is 2. The Morgan fingerprint density at radius 2 is 1.92 bits per heavy atom. The summed E-state index contributed by atoms with van der Waals surface area (Å²) in [5, 5.41) is 12.6. The number of aryl methyl sites for hydroxylation is 2. The van der Waals surface area contributed by atoms with Crippen molar-refractivity contribution in [2.45, 2.75) is 57.8 Å². The molecular formula is C30H34FN3O3. The first-order chi connectivity index (χ1) is 17.9. The van der Waals surface area contributed by atoms with Crippen LogP contribution in [0.4, 0.5) is 4.39 Å². The molecule has 0 saturated carbocycles. The highest BCUT2D eigenvalue weighted by Crippen LogP contribution is 2.36. The number of rotatable bonds is 7. The maximum absolute atomic E-state index is 13.2. The number of carbonyl (C=O) groups is 2. The van der Waals surface area contributed by atoms with Crippen LogP contribution in [-0.4, -0.2) is 63.3 Å². The molecule has 3 aliphatic rings. The van der Waals surface area contributed by atoms with Crippen molar-refractivity contribution < 1.29 is 19.1 Å². The van der Waals surface area contributed by atoms with E-state index in [0.29, 0.717) is 18.5 Å². The Labute approximate surface area is 216 Å². The molecule has 2 aromatic carbocycles. The van der Waals surface area contributed by atoms with E-state index in [9.17, 15) is 19.1 Å². The maximum atomic E-state index is 13.2. The summed E-state index contributed by atoms with van der Waals surface area (Å²) in [6.45, 7) is 5.98. The minimum atomic E-state index is -0.701. The van der Waals surface area contributed by atoms with Gasteiger partial charge < -0.3 is 14.6 Å². The molecule has 2 fully saturated rings. The Hall–Kier alpha value is -2.87. The maximum Gasteiger partial charge on any atom is 0.167 e. The zero-order valence-electron chi connectivity index (χ0n) is 21.3. The Morgan fingerprint density at radius 1 is 1.11 bits per heavy atom. The second kappa shape index (κ2) is 9.78. The van der Waals surface area contributed by atoms with Gasteiger partial charge in [0.25, 0.3) is 0 Å². The van der Waals surface area contributed by atoms with Crippen molar-refractivity contribution in [2.24, 2.45) is 5.92 Å². The molecule has 6 rings (SSSR count). The van der Waals surface area contributed by atoms with E-state index in [1.165, 1.54) is 12.1 Å². The third-order valence-electron chi connectivity index (χ3n) is 8.58. The summed E-state index contributed by atoms with van der Waals surface area (Å²) in [4.78, 5) is 30.0. The molecule has 3 unspecified atom stereocenters. The molecule has 0 spiro atoms. The molecule has 2 saturated heterocycles. The molecule has 4 heterocycles. The van der Waals surface area contributed by atoms with Gasteiger partial charge in [0.15, 0.2) is 11.6 Å². The summed E-state index contributed by atoms with van der Waals surface area (Å²) in [6, 6.07) is 12.3. The number of aliphatic hydroxyl groups excluding tert-OH is 1. The number of aliphatic hydroxyl groups is 1. The number of nitrogens with zero attached hydrogens (tertiary/aromatic N) is 3. The van der Waals surface area contributed by atoms with Gasteiger partial charge in [-0.1, -0.05) is 0 Å². The molecule has 0 bridgehead atoms. The van der Waals surface area contributed by atoms with E-state index in [0.717, 1.165) is 79.6 Å². The molecule has 1 aromatic heterocycles. The van der Waals surface area contributed by atoms with Crippen LogP contribution in [0.5, 0.6) is 0 Å². The van der Waals surface area contributed by atoms with Gasteiger partial charge in [-0.05, 0) is 93.7 Å². The van der Waals surface area contributed by atoms with Crippen LogP contribution in [0.3, 0.4) is 0 Å². The molecule has 7 heteroatoms. The number of ketones is 2. The molecular weight excluding hydrogens is 469 g/mol. The van der Waals surface area contributed by atoms with Crippen LogP contribution in [0, 0.1) is 18.7 Å². The first-order valence-corrected chi connectivity index (χ1v) is 13.5. The van der Waals surface area contributed by atoms with Crippen LogP contribution in [0.15, 0.2) is 42.5 Å². The third kappa shape index (κ3) is 4.54. The largest absolute Gasteiger partial charge is 0.372 e. The monoisotopic (exact) mass is 503 g/mol. The number of hydrogen-bond donors (Lipinski definition) is 1. The van der Waals surface area contributed by atoms with Crippen molar-refractivity contribution >= 4 is 22.5 Å². The lowest BCUT2D eigenvalue weighted by Gasteiger charge is -2.32. The fourth-order valence-corrected chi connectivity index (χ4v) is 6.69. The zero-order valence-corrected chi connectivity index (χ0v) is 21.3. The molecule has 0 amide bonds. The van der Waals surface area contributed by atoms with Gasteiger partial charge in [0.05, 0.1) is 11.2 Å². The normalized spacial score (nSPS) is 23.3. The molecule has 3 aliphatic heterocycles. The lowest BCUT2D eigenvalue weighted by atomic mass is 9.97. The van der Waals surface area contributed by atoms with E-state index in [2.05, 4.69) is 26.5 Å². The lowest BCUT2D eigenvalue weighted by Crippen LogP contribution is -2.37. The minimum Gasteiger partial charge on any atom is -0.372 e. The quantitative estimate of drug-likeness (QED) is 0.473. The fourth-order valence-electron chi connectivity index (χ4n) is 6.69. The summed E-state index contributed by atoms with van der Waals surface area (Å²) in [5.74, 6) is -0.0872. The van der Waals surface area contributed by atoms with Gasteiger partial charge in [-0.2, -0.15) is 0 Å². The molecule has 1 N–H and O–H groups in total. The molecule has 3 atom stereocenters. The van der Waals surface area contributed by atoms with Gasteiger partial charge in [0, 0.05) is 54.5 Å². The topological polar surface area (TPSA) is 65.8 Å². The first-order valence-electron chi connectivity index (χ1n) is 13.5. The van der Waals surface area contributed by atoms with Gasteiger partial charge in [-0.3, -0.25) is 14.5 Å². The number of likely N-dealkylation sites (tertiary alicyclic amines) is 2. The summed E-state index contributed by atoms with van der Waals surface area (Å²) in [5.41, 5.74) is 4.27. The molecule has 194 valence electrons. The lowest BCUT2D eigenvalue weighted by molar-refractivity contribution is -0.0159. The second-order valence-corrected chi connectivity index (χ2v) is 11.0. The fraction of sp³-hybridized carbons (Fsp3) is 0.467. The van der Waals surface area contributed by atoms with Crippen molar-refractivity contribution in [1.29, 1.82) is 0 Å². The van der Waals surface area contributed by atoms with E-state index < -0.39 is 6.23 Å². The minimum absolute atomic E-state index is 0.0441. The van der Waals surface area contributed by atoms with Gasteiger partial charge in [0.2, 0.25) is 0 Å². The molecule has 0 radical (unpaired) electrons. The average molecular weight is 504 g/mol. The SMILES string of the molecule is Cc1cc2c3c(c1)cc(C(O)N1CCCC1CCN1CCC(C(=O)c4ccc(F)cc4)C1)n3CCC2=O. The summed E-state index contributed by atoms with van der Waals surface area (Å²) >= 11 is 0. The number of aromatic nitrogens is 1. The van der Waals surface area contributed by atoms with Crippen LogP contribution in [0.25, 0.3) is 10.9 Å². The summed E-state index contributed by atoms with van der Waals surface area (Å²) in [6.07, 6.45) is 3.64. The molecule has 37 heavy (non-hydrogen) atoms. The van der Waals surface area contributed by atoms with Crippen LogP contribution in [0.2, 0.25) is 0 Å². The first kappa shape index (κ1) is 24.5.